The van der Waals surface area contributed by atoms with Crippen molar-refractivity contribution in [2.75, 3.05) is 18.8 Å². The first-order valence-electron chi connectivity index (χ1n) is 7.30. The number of nitrogens with zero attached hydrogens (tertiary/aromatic N) is 3. The van der Waals surface area contributed by atoms with Gasteiger partial charge in [0.25, 0.3) is 0 Å². The van der Waals surface area contributed by atoms with Crippen LogP contribution in [0.1, 0.15) is 20.3 Å². The summed E-state index contributed by atoms with van der Waals surface area (Å²) in [6.45, 7) is 7.42. The lowest BCUT2D eigenvalue weighted by atomic mass is 10.1. The van der Waals surface area contributed by atoms with Crippen LogP contribution in [-0.2, 0) is 6.54 Å². The van der Waals surface area contributed by atoms with Gasteiger partial charge in [0.15, 0.2) is 0 Å². The molecule has 1 aromatic carbocycles. The molecule has 114 valence electrons. The lowest BCUT2D eigenvalue weighted by Crippen LogP contribution is -2.28. The average Bonchev–Trinajstić information content (AvgIpc) is 2.98. The standard InChI is InChI=1S/C15H20BrFN4/c1-9(2)20-4-3-10(7-20)8-21-14-6-12(17)11(16)5-13(14)19-15(21)18/h5-6,9-10H,3-4,7-8H2,1-2H3,(H2,18,19). The van der Waals surface area contributed by atoms with E-state index in [0.29, 0.717) is 22.4 Å². The van der Waals surface area contributed by atoms with Crippen molar-refractivity contribution < 1.29 is 4.39 Å². The monoisotopic (exact) mass is 354 g/mol. The van der Waals surface area contributed by atoms with Crippen molar-refractivity contribution in [3.05, 3.63) is 22.4 Å². The summed E-state index contributed by atoms with van der Waals surface area (Å²) >= 11 is 3.19. The molecule has 2 aromatic rings. The van der Waals surface area contributed by atoms with Gasteiger partial charge in [-0.1, -0.05) is 0 Å². The third-order valence-corrected chi connectivity index (χ3v) is 4.92. The first-order valence-corrected chi connectivity index (χ1v) is 8.10. The molecule has 1 fully saturated rings. The van der Waals surface area contributed by atoms with Gasteiger partial charge in [0.05, 0.1) is 15.5 Å². The van der Waals surface area contributed by atoms with Crippen molar-refractivity contribution >= 4 is 32.9 Å². The van der Waals surface area contributed by atoms with E-state index in [4.69, 9.17) is 5.73 Å². The maximum absolute atomic E-state index is 13.8. The average molecular weight is 355 g/mol. The molecule has 0 saturated carbocycles. The second kappa shape index (κ2) is 5.57. The number of benzene rings is 1. The molecular weight excluding hydrogens is 335 g/mol. The highest BCUT2D eigenvalue weighted by Gasteiger charge is 2.25. The van der Waals surface area contributed by atoms with E-state index in [1.165, 1.54) is 6.07 Å². The highest BCUT2D eigenvalue weighted by Crippen LogP contribution is 2.28. The van der Waals surface area contributed by atoms with Gasteiger partial charge in [-0.15, -0.1) is 0 Å². The van der Waals surface area contributed by atoms with Crippen molar-refractivity contribution in [3.63, 3.8) is 0 Å². The summed E-state index contributed by atoms with van der Waals surface area (Å²) in [6.07, 6.45) is 1.15. The highest BCUT2D eigenvalue weighted by atomic mass is 79.9. The SMILES string of the molecule is CC(C)N1CCC(Cn2c(N)nc3cc(Br)c(F)cc32)C1. The Bertz CT molecular complexity index is 667. The van der Waals surface area contributed by atoms with Gasteiger partial charge >= 0.3 is 0 Å². The minimum absolute atomic E-state index is 0.279. The van der Waals surface area contributed by atoms with Crippen LogP contribution >= 0.6 is 15.9 Å². The fraction of sp³-hybridized carbons (Fsp3) is 0.533. The lowest BCUT2D eigenvalue weighted by Gasteiger charge is -2.20. The molecule has 1 atom stereocenters. The Kier molecular flexibility index (Phi) is 3.92. The van der Waals surface area contributed by atoms with E-state index in [2.05, 4.69) is 39.7 Å². The fourth-order valence-electron chi connectivity index (χ4n) is 3.07. The highest BCUT2D eigenvalue weighted by molar-refractivity contribution is 9.10. The predicted octanol–water partition coefficient (Wildman–Crippen LogP) is 3.25. The summed E-state index contributed by atoms with van der Waals surface area (Å²) in [6, 6.07) is 3.77. The molecular formula is C15H20BrFN4. The molecule has 1 aromatic heterocycles. The van der Waals surface area contributed by atoms with Crippen molar-refractivity contribution in [1.82, 2.24) is 14.5 Å². The number of rotatable bonds is 3. The van der Waals surface area contributed by atoms with Crippen LogP contribution in [0, 0.1) is 11.7 Å². The van der Waals surface area contributed by atoms with Crippen molar-refractivity contribution in [3.8, 4) is 0 Å². The van der Waals surface area contributed by atoms with Crippen LogP contribution in [0.25, 0.3) is 11.0 Å². The fourth-order valence-corrected chi connectivity index (χ4v) is 3.40. The molecule has 6 heteroatoms. The normalized spacial score (nSPS) is 20.0. The molecule has 2 N–H and O–H groups in total. The number of fused-ring (bicyclic) bond motifs is 1. The summed E-state index contributed by atoms with van der Waals surface area (Å²) in [5.74, 6) is 0.725. The molecule has 0 bridgehead atoms. The molecule has 3 rings (SSSR count). The number of hydrogen-bond donors (Lipinski definition) is 1. The van der Waals surface area contributed by atoms with E-state index >= 15 is 0 Å². The van der Waals surface area contributed by atoms with Gasteiger partial charge in [-0.25, -0.2) is 9.37 Å². The molecule has 2 heterocycles. The number of likely N-dealkylation sites (tertiary alicyclic amines) is 1. The zero-order chi connectivity index (χ0) is 15.1. The Morgan fingerprint density at radius 1 is 1.48 bits per heavy atom. The van der Waals surface area contributed by atoms with Crippen molar-refractivity contribution in [2.24, 2.45) is 5.92 Å². The van der Waals surface area contributed by atoms with E-state index in [1.54, 1.807) is 6.07 Å². The molecule has 1 aliphatic heterocycles. The van der Waals surface area contributed by atoms with Gasteiger partial charge in [-0.3, -0.25) is 0 Å². The Labute approximate surface area is 132 Å². The number of nitrogens with two attached hydrogens (primary N) is 1. The van der Waals surface area contributed by atoms with Crippen LogP contribution in [0.5, 0.6) is 0 Å². The van der Waals surface area contributed by atoms with Crippen molar-refractivity contribution in [2.45, 2.75) is 32.9 Å². The summed E-state index contributed by atoms with van der Waals surface area (Å²) in [5.41, 5.74) is 7.54. The van der Waals surface area contributed by atoms with Gasteiger partial charge in [0, 0.05) is 25.2 Å². The Hall–Kier alpha value is -1.14. The number of nitrogen functional groups attached to an aromatic ring is 1. The van der Waals surface area contributed by atoms with Gasteiger partial charge < -0.3 is 15.2 Å². The third kappa shape index (κ3) is 2.79. The molecule has 0 spiro atoms. The molecule has 1 unspecified atom stereocenters. The smallest absolute Gasteiger partial charge is 0.201 e. The molecule has 1 saturated heterocycles. The predicted molar refractivity (Wildman–Crippen MR) is 86.6 cm³/mol. The molecule has 4 nitrogen and oxygen atoms in total. The van der Waals surface area contributed by atoms with Crippen LogP contribution in [0.2, 0.25) is 0 Å². The first-order chi connectivity index (χ1) is 9.95. The van der Waals surface area contributed by atoms with Crippen LogP contribution in [0.15, 0.2) is 16.6 Å². The minimum Gasteiger partial charge on any atom is -0.369 e. The molecule has 0 amide bonds. The maximum atomic E-state index is 13.8. The zero-order valence-electron chi connectivity index (χ0n) is 12.3. The van der Waals surface area contributed by atoms with Crippen LogP contribution < -0.4 is 5.73 Å². The van der Waals surface area contributed by atoms with Gasteiger partial charge in [0.1, 0.15) is 5.82 Å². The quantitative estimate of drug-likeness (QED) is 0.920. The number of halogens is 2. The van der Waals surface area contributed by atoms with E-state index < -0.39 is 0 Å². The van der Waals surface area contributed by atoms with Gasteiger partial charge in [-0.05, 0) is 54.7 Å². The van der Waals surface area contributed by atoms with Crippen LogP contribution in [0.4, 0.5) is 10.3 Å². The zero-order valence-corrected chi connectivity index (χ0v) is 13.9. The van der Waals surface area contributed by atoms with Gasteiger partial charge in [0.2, 0.25) is 5.95 Å². The molecule has 1 aliphatic rings. The molecule has 21 heavy (non-hydrogen) atoms. The van der Waals surface area contributed by atoms with Crippen molar-refractivity contribution in [1.29, 1.82) is 0 Å². The summed E-state index contributed by atoms with van der Waals surface area (Å²) in [7, 11) is 0. The van der Waals surface area contributed by atoms with E-state index in [0.717, 1.165) is 37.1 Å². The van der Waals surface area contributed by atoms with Crippen LogP contribution in [-0.4, -0.2) is 33.6 Å². The van der Waals surface area contributed by atoms with E-state index in [-0.39, 0.29) is 5.82 Å². The second-order valence-electron chi connectivity index (χ2n) is 6.08. The Morgan fingerprint density at radius 3 is 2.90 bits per heavy atom. The number of imidazole rings is 1. The van der Waals surface area contributed by atoms with E-state index in [1.807, 2.05) is 4.57 Å². The van der Waals surface area contributed by atoms with Crippen LogP contribution in [0.3, 0.4) is 0 Å². The maximum Gasteiger partial charge on any atom is 0.201 e. The Balaban J connectivity index is 1.87. The minimum atomic E-state index is -0.279. The molecule has 0 aliphatic carbocycles. The lowest BCUT2D eigenvalue weighted by molar-refractivity contribution is 0.261. The second-order valence-corrected chi connectivity index (χ2v) is 6.93. The summed E-state index contributed by atoms with van der Waals surface area (Å²) in [4.78, 5) is 6.81. The summed E-state index contributed by atoms with van der Waals surface area (Å²) < 4.78 is 16.1. The topological polar surface area (TPSA) is 47.1 Å². The van der Waals surface area contributed by atoms with Gasteiger partial charge in [-0.2, -0.15) is 0 Å². The third-order valence-electron chi connectivity index (χ3n) is 4.31. The number of aromatic nitrogens is 2. The molecule has 0 radical (unpaired) electrons. The first kappa shape index (κ1) is 14.8. The Morgan fingerprint density at radius 2 is 2.24 bits per heavy atom. The number of hydrogen-bond acceptors (Lipinski definition) is 3. The summed E-state index contributed by atoms with van der Waals surface area (Å²) in [5, 5.41) is 0. The number of anilines is 1. The van der Waals surface area contributed by atoms with E-state index in [9.17, 15) is 4.39 Å². The largest absolute Gasteiger partial charge is 0.369 e.